The van der Waals surface area contributed by atoms with Crippen molar-refractivity contribution < 1.29 is 0 Å². The minimum atomic E-state index is 0.0441. The summed E-state index contributed by atoms with van der Waals surface area (Å²) < 4.78 is 2.03. The molecule has 2 aromatic rings. The highest BCUT2D eigenvalue weighted by Gasteiger charge is 2.21. The van der Waals surface area contributed by atoms with Crippen molar-refractivity contribution in [1.82, 2.24) is 10.2 Å². The fourth-order valence-electron chi connectivity index (χ4n) is 1.48. The summed E-state index contributed by atoms with van der Waals surface area (Å²) in [6.07, 6.45) is 0. The number of nitrogens with two attached hydrogens (primary N) is 1. The van der Waals surface area contributed by atoms with Gasteiger partial charge in [0.15, 0.2) is 4.34 Å². The van der Waals surface area contributed by atoms with Gasteiger partial charge in [-0.1, -0.05) is 57.2 Å². The van der Waals surface area contributed by atoms with Crippen molar-refractivity contribution in [2.75, 3.05) is 0 Å². The molecule has 0 amide bonds. The standard InChI is InChI=1S/C11H12BrN3S2/c1-7(13)10(17-11-15-14-6-16-11)8-4-2-3-5-9(8)12/h2-7,10H,13H2,1H3. The van der Waals surface area contributed by atoms with Gasteiger partial charge in [0, 0.05) is 10.5 Å². The molecule has 0 fully saturated rings. The van der Waals surface area contributed by atoms with Crippen LogP contribution < -0.4 is 5.73 Å². The molecule has 0 saturated carbocycles. The first-order valence-electron chi connectivity index (χ1n) is 5.11. The third kappa shape index (κ3) is 3.28. The molecule has 2 atom stereocenters. The van der Waals surface area contributed by atoms with E-state index in [1.165, 1.54) is 16.9 Å². The van der Waals surface area contributed by atoms with Gasteiger partial charge in [-0.3, -0.25) is 0 Å². The SMILES string of the molecule is CC(N)C(Sc1nncs1)c1ccccc1Br. The molecule has 0 aliphatic heterocycles. The molecule has 2 N–H and O–H groups in total. The van der Waals surface area contributed by atoms with E-state index in [1.54, 1.807) is 17.3 Å². The molecule has 0 radical (unpaired) electrons. The third-order valence-electron chi connectivity index (χ3n) is 2.26. The van der Waals surface area contributed by atoms with Crippen molar-refractivity contribution in [2.45, 2.75) is 22.6 Å². The van der Waals surface area contributed by atoms with Crippen molar-refractivity contribution >= 4 is 39.0 Å². The van der Waals surface area contributed by atoms with E-state index in [0.29, 0.717) is 0 Å². The first-order chi connectivity index (χ1) is 8.18. The molecule has 0 bridgehead atoms. The van der Waals surface area contributed by atoms with Gasteiger partial charge < -0.3 is 5.73 Å². The highest BCUT2D eigenvalue weighted by Crippen LogP contribution is 2.40. The largest absolute Gasteiger partial charge is 0.327 e. The Bertz CT molecular complexity index is 473. The van der Waals surface area contributed by atoms with Gasteiger partial charge >= 0.3 is 0 Å². The average Bonchev–Trinajstić information content (AvgIpc) is 2.79. The number of hydrogen-bond acceptors (Lipinski definition) is 5. The summed E-state index contributed by atoms with van der Waals surface area (Å²) in [6, 6.07) is 8.19. The molecule has 1 aromatic heterocycles. The van der Waals surface area contributed by atoms with Crippen LogP contribution in [-0.4, -0.2) is 16.2 Å². The second-order valence-corrected chi connectivity index (χ2v) is 6.70. The molecule has 6 heteroatoms. The number of aromatic nitrogens is 2. The molecule has 0 aliphatic carbocycles. The zero-order valence-corrected chi connectivity index (χ0v) is 12.4. The van der Waals surface area contributed by atoms with Crippen LogP contribution in [0.15, 0.2) is 38.6 Å². The molecule has 3 nitrogen and oxygen atoms in total. The van der Waals surface area contributed by atoms with Gasteiger partial charge in [0.1, 0.15) is 5.51 Å². The second kappa shape index (κ2) is 5.95. The van der Waals surface area contributed by atoms with Gasteiger partial charge in [-0.05, 0) is 18.6 Å². The molecule has 2 rings (SSSR count). The van der Waals surface area contributed by atoms with E-state index in [9.17, 15) is 0 Å². The van der Waals surface area contributed by atoms with Crippen LogP contribution in [-0.2, 0) is 0 Å². The Labute approximate surface area is 117 Å². The Morgan fingerprint density at radius 3 is 2.76 bits per heavy atom. The maximum absolute atomic E-state index is 6.07. The number of halogens is 1. The van der Waals surface area contributed by atoms with Crippen LogP contribution in [0.25, 0.3) is 0 Å². The first-order valence-corrected chi connectivity index (χ1v) is 7.66. The normalized spacial score (nSPS) is 14.5. The van der Waals surface area contributed by atoms with E-state index < -0.39 is 0 Å². The Kier molecular flexibility index (Phi) is 4.55. The van der Waals surface area contributed by atoms with Crippen molar-refractivity contribution in [1.29, 1.82) is 0 Å². The van der Waals surface area contributed by atoms with Gasteiger partial charge in [0.05, 0.1) is 5.25 Å². The lowest BCUT2D eigenvalue weighted by molar-refractivity contribution is 0.718. The van der Waals surface area contributed by atoms with Crippen LogP contribution in [0.2, 0.25) is 0 Å². The number of rotatable bonds is 4. The summed E-state index contributed by atoms with van der Waals surface area (Å²) in [4.78, 5) is 0. The van der Waals surface area contributed by atoms with Crippen LogP contribution in [0.1, 0.15) is 17.7 Å². The minimum absolute atomic E-state index is 0.0441. The monoisotopic (exact) mass is 329 g/mol. The van der Waals surface area contributed by atoms with Gasteiger partial charge in [-0.15, -0.1) is 10.2 Å². The predicted molar refractivity (Wildman–Crippen MR) is 76.3 cm³/mol. The topological polar surface area (TPSA) is 51.8 Å². The molecule has 0 spiro atoms. The van der Waals surface area contributed by atoms with Crippen LogP contribution in [0.5, 0.6) is 0 Å². The maximum atomic E-state index is 6.07. The van der Waals surface area contributed by atoms with Crippen molar-refractivity contribution in [2.24, 2.45) is 5.73 Å². The van der Waals surface area contributed by atoms with Crippen molar-refractivity contribution in [3.8, 4) is 0 Å². The molecule has 0 saturated heterocycles. The van der Waals surface area contributed by atoms with Crippen LogP contribution in [0.4, 0.5) is 0 Å². The lowest BCUT2D eigenvalue weighted by atomic mass is 10.1. The fraction of sp³-hybridized carbons (Fsp3) is 0.273. The fourth-order valence-corrected chi connectivity index (χ4v) is 3.97. The molecule has 90 valence electrons. The van der Waals surface area contributed by atoms with E-state index in [4.69, 9.17) is 5.73 Å². The summed E-state index contributed by atoms with van der Waals surface area (Å²) in [5, 5.41) is 8.08. The summed E-state index contributed by atoms with van der Waals surface area (Å²) in [6.45, 7) is 2.01. The Morgan fingerprint density at radius 2 is 2.18 bits per heavy atom. The Hall–Kier alpha value is -0.430. The molecule has 1 heterocycles. The zero-order valence-electron chi connectivity index (χ0n) is 9.21. The number of benzene rings is 1. The van der Waals surface area contributed by atoms with E-state index in [1.807, 2.05) is 25.1 Å². The van der Waals surface area contributed by atoms with Gasteiger partial charge in [-0.25, -0.2) is 0 Å². The molecule has 0 aliphatic rings. The van der Waals surface area contributed by atoms with Crippen molar-refractivity contribution in [3.63, 3.8) is 0 Å². The van der Waals surface area contributed by atoms with E-state index in [-0.39, 0.29) is 11.3 Å². The Balaban J connectivity index is 2.27. The smallest absolute Gasteiger partial charge is 0.174 e. The lowest BCUT2D eigenvalue weighted by Gasteiger charge is -2.20. The highest BCUT2D eigenvalue weighted by atomic mass is 79.9. The van der Waals surface area contributed by atoms with Crippen molar-refractivity contribution in [3.05, 3.63) is 39.8 Å². The van der Waals surface area contributed by atoms with Gasteiger partial charge in [0.2, 0.25) is 0 Å². The minimum Gasteiger partial charge on any atom is -0.327 e. The van der Waals surface area contributed by atoms with Gasteiger partial charge in [-0.2, -0.15) is 0 Å². The predicted octanol–water partition coefficient (Wildman–Crippen LogP) is 3.48. The third-order valence-corrected chi connectivity index (χ3v) is 5.26. The Morgan fingerprint density at radius 1 is 1.41 bits per heavy atom. The first kappa shape index (κ1) is 13.0. The molecule has 2 unspecified atom stereocenters. The van der Waals surface area contributed by atoms with E-state index in [2.05, 4.69) is 32.2 Å². The zero-order chi connectivity index (χ0) is 12.3. The lowest BCUT2D eigenvalue weighted by Crippen LogP contribution is -2.22. The highest BCUT2D eigenvalue weighted by molar-refractivity contribution is 9.10. The second-order valence-electron chi connectivity index (χ2n) is 3.62. The number of thioether (sulfide) groups is 1. The summed E-state index contributed by atoms with van der Waals surface area (Å²) in [5.41, 5.74) is 9.00. The molecular formula is C11H12BrN3S2. The van der Waals surface area contributed by atoms with E-state index in [0.717, 1.165) is 8.81 Å². The molecule has 1 aromatic carbocycles. The number of nitrogens with zero attached hydrogens (tertiary/aromatic N) is 2. The maximum Gasteiger partial charge on any atom is 0.174 e. The van der Waals surface area contributed by atoms with Gasteiger partial charge in [0.25, 0.3) is 0 Å². The summed E-state index contributed by atoms with van der Waals surface area (Å²) in [5.74, 6) is 0. The number of hydrogen-bond donors (Lipinski definition) is 1. The molecular weight excluding hydrogens is 318 g/mol. The average molecular weight is 330 g/mol. The summed E-state index contributed by atoms with van der Waals surface area (Å²) in [7, 11) is 0. The van der Waals surface area contributed by atoms with Crippen LogP contribution in [0.3, 0.4) is 0 Å². The van der Waals surface area contributed by atoms with E-state index >= 15 is 0 Å². The summed E-state index contributed by atoms with van der Waals surface area (Å²) >= 11 is 6.77. The van der Waals surface area contributed by atoms with Crippen LogP contribution in [0, 0.1) is 0 Å². The quantitative estimate of drug-likeness (QED) is 0.872. The van der Waals surface area contributed by atoms with Crippen LogP contribution >= 0.6 is 39.0 Å². The molecule has 17 heavy (non-hydrogen) atoms.